The lowest BCUT2D eigenvalue weighted by atomic mass is 9.97. The van der Waals surface area contributed by atoms with E-state index in [0.29, 0.717) is 80.5 Å². The molecule has 0 unspecified atom stereocenters. The summed E-state index contributed by atoms with van der Waals surface area (Å²) in [6, 6.07) is 57.0. The zero-order valence-electron chi connectivity index (χ0n) is 80.6. The number of benzene rings is 9. The molecule has 3 N–H and O–H groups in total. The van der Waals surface area contributed by atoms with E-state index in [9.17, 15) is 29.7 Å². The number of aromatic nitrogens is 15. The molecule has 0 atom stereocenters. The summed E-state index contributed by atoms with van der Waals surface area (Å²) >= 11 is 17.7. The van der Waals surface area contributed by atoms with Gasteiger partial charge in [0.25, 0.3) is 0 Å². The second-order valence-corrected chi connectivity index (χ2v) is 43.6. The second-order valence-electron chi connectivity index (χ2n) is 37.1. The van der Waals surface area contributed by atoms with Crippen molar-refractivity contribution in [2.24, 2.45) is 49.3 Å². The van der Waals surface area contributed by atoms with Gasteiger partial charge in [0.1, 0.15) is 51.8 Å². The van der Waals surface area contributed by atoms with E-state index in [0.717, 1.165) is 307 Å². The molecule has 0 saturated carbocycles. The van der Waals surface area contributed by atoms with Gasteiger partial charge >= 0.3 is 17.9 Å². The van der Waals surface area contributed by atoms with Crippen molar-refractivity contribution in [2.75, 3.05) is 19.8 Å². The smallest absolute Gasteiger partial charge is 0.352 e. The van der Waals surface area contributed by atoms with Crippen LogP contribution in [0.3, 0.4) is 0 Å². The molecule has 0 radical (unpaired) electrons. The zero-order chi connectivity index (χ0) is 97.3. The molecule has 24 bridgehead atoms. The fraction of sp³-hybridized carbons (Fsp3) is 0.318. The molecule has 23 rings (SSSR count). The van der Waals surface area contributed by atoms with E-state index in [1.165, 1.54) is 11.4 Å². The average Bonchev–Trinajstić information content (AvgIpc) is 1.57. The van der Waals surface area contributed by atoms with E-state index in [1.54, 1.807) is 51.6 Å². The molecule has 5 aliphatic heterocycles. The van der Waals surface area contributed by atoms with Gasteiger partial charge in [-0.2, -0.15) is 15.3 Å². The zero-order valence-corrected chi connectivity index (χ0v) is 86.2. The molecule has 0 amide bonds. The molecular weight excluding hydrogens is 1900 g/mol. The summed E-state index contributed by atoms with van der Waals surface area (Å²) < 4.78 is 37.8. The van der Waals surface area contributed by atoms with Gasteiger partial charge in [-0.15, -0.1) is 70.6 Å². The third-order valence-corrected chi connectivity index (χ3v) is 34.4. The van der Waals surface area contributed by atoms with Crippen LogP contribution in [-0.4, -0.2) is 125 Å². The first-order valence-electron chi connectivity index (χ1n) is 48.0. The van der Waals surface area contributed by atoms with Crippen molar-refractivity contribution < 1.29 is 43.9 Å². The largest absolute Gasteiger partial charge is 0.493 e. The molecule has 5 aliphatic rings. The molecule has 14 heterocycles. The van der Waals surface area contributed by atoms with Crippen LogP contribution in [0, 0.1) is 20.8 Å². The van der Waals surface area contributed by atoms with Crippen LogP contribution >= 0.6 is 82.2 Å². The summed E-state index contributed by atoms with van der Waals surface area (Å²) in [6.45, 7) is 9.52. The molecule has 24 nitrogen and oxygen atoms in total. The number of rotatable bonds is 3. The van der Waals surface area contributed by atoms with Crippen LogP contribution in [0.15, 0.2) is 178 Å². The van der Waals surface area contributed by atoms with Gasteiger partial charge in [-0.1, -0.05) is 115 Å². The molecule has 0 spiro atoms. The van der Waals surface area contributed by atoms with Crippen molar-refractivity contribution in [1.29, 1.82) is 0 Å². The van der Waals surface area contributed by atoms with Gasteiger partial charge in [0.15, 0.2) is 0 Å². The van der Waals surface area contributed by atoms with Crippen molar-refractivity contribution in [2.45, 2.75) is 171 Å². The number of carbonyl (C=O) groups is 3. The maximum atomic E-state index is 12.9. The number of hydrogen-bond acceptors (Lipinski definition) is 18. The molecule has 9 aromatic carbocycles. The Kier molecular flexibility index (Phi) is 27.2. The number of imidazole rings is 3. The van der Waals surface area contributed by atoms with Gasteiger partial charge in [0.2, 0.25) is 0 Å². The standard InChI is InChI=1S/C38H39N5O3S2.C37H37N5O3S2.C35H34ClN5O3S2/c1-23-13-14-30-29-11-8-16-46-32-19-27(17-24-9-4-5-10-28(24)32)48-21-26-18-25(40-42(26)3)20-47-22-31-37(43-15-7-6-12-33(43)39-31)34(23)35(30)41(2)36(29)38(44)45;1-22-12-13-29-28-10-7-15-45-31-18-26(16-23-8-4-5-9-27(23)31)47-20-25-17-24(39-41(25)3)19-46-21-30-36(42-14-6-11-32(42)38-30)33(22)34(29)40(2)35(28)37(43)44;1-20-37-29-19-45-17-22-15-23(41(4)38-22)18-46-24-14-21-8-5-6-9-25(21)30(16-24)44-13-7-10-26-27-11-12-28(36)31(34(29)39(20)2)32(27)40(3)33(26)35(42)43/h4-5,9-10,13-14,17-19H,6-8,11-12,15-16,20-22H2,1-3H3,(H,44,45);4-5,8-9,12-13,16-18H,6-7,10-11,14-15,19-21H2,1-3H3,(H,43,44);5-6,8-9,11-12,14-16H,7,10,13,17-19H2,1-4H3,(H,42,43). The number of aromatic carboxylic acids is 3. The lowest BCUT2D eigenvalue weighted by Crippen LogP contribution is -2.12. The molecule has 31 heteroatoms. The maximum absolute atomic E-state index is 12.9. The molecule has 18 aromatic rings. The highest BCUT2D eigenvalue weighted by Crippen LogP contribution is 2.48. The fourth-order valence-electron chi connectivity index (χ4n) is 21.4. The summed E-state index contributed by atoms with van der Waals surface area (Å²) in [5.41, 5.74) is 24.4. The van der Waals surface area contributed by atoms with Crippen LogP contribution in [0.2, 0.25) is 5.02 Å². The Hall–Kier alpha value is -12.2. The lowest BCUT2D eigenvalue weighted by molar-refractivity contribution is 0.0675. The molecule has 141 heavy (non-hydrogen) atoms. The molecule has 9 aromatic heterocycles. The van der Waals surface area contributed by atoms with Crippen molar-refractivity contribution in [3.63, 3.8) is 0 Å². The Morgan fingerprint density at radius 2 is 0.709 bits per heavy atom. The van der Waals surface area contributed by atoms with Gasteiger partial charge in [0, 0.05) is 208 Å². The molecular formula is C110H110ClN15O9S6. The van der Waals surface area contributed by atoms with Crippen molar-refractivity contribution in [3.8, 4) is 51.0 Å². The number of aryl methyl sites for hydroxylation is 14. The Balaban J connectivity index is 0.000000125. The number of fused-ring (bicyclic) bond motifs is 28. The summed E-state index contributed by atoms with van der Waals surface area (Å²) in [5.74, 6) is 9.77. The topological polar surface area (TPSA) is 261 Å². The van der Waals surface area contributed by atoms with Gasteiger partial charge < -0.3 is 56.9 Å². The minimum Gasteiger partial charge on any atom is -0.493 e. The highest BCUT2D eigenvalue weighted by Gasteiger charge is 2.35. The predicted molar refractivity (Wildman–Crippen MR) is 571 cm³/mol. The number of nitrogens with zero attached hydrogens (tertiary/aromatic N) is 15. The maximum Gasteiger partial charge on any atom is 0.352 e. The van der Waals surface area contributed by atoms with Gasteiger partial charge in [0.05, 0.1) is 92.6 Å². The van der Waals surface area contributed by atoms with Crippen LogP contribution in [0.25, 0.3) is 98.8 Å². The number of hydrogen-bond donors (Lipinski definition) is 3. The van der Waals surface area contributed by atoms with Gasteiger partial charge in [-0.25, -0.2) is 29.3 Å². The Morgan fingerprint density at radius 3 is 1.10 bits per heavy atom. The Labute approximate surface area is 847 Å². The number of ether oxygens (including phenoxy) is 3. The minimum atomic E-state index is -0.964. The molecule has 722 valence electrons. The molecule has 0 fully saturated rings. The lowest BCUT2D eigenvalue weighted by Gasteiger charge is -2.19. The van der Waals surface area contributed by atoms with E-state index in [-0.39, 0.29) is 5.69 Å². The number of thioether (sulfide) groups is 6. The first-order chi connectivity index (χ1) is 68.4. The summed E-state index contributed by atoms with van der Waals surface area (Å²) in [6.07, 6.45) is 9.02. The van der Waals surface area contributed by atoms with Crippen molar-refractivity contribution in [3.05, 3.63) is 282 Å². The summed E-state index contributed by atoms with van der Waals surface area (Å²) in [4.78, 5) is 57.2. The first-order valence-corrected chi connectivity index (χ1v) is 54.8. The second kappa shape index (κ2) is 40.3. The van der Waals surface area contributed by atoms with Crippen LogP contribution in [0.1, 0.15) is 167 Å². The highest BCUT2D eigenvalue weighted by atomic mass is 35.5. The monoisotopic (exact) mass is 2010 g/mol. The number of carboxylic acid groups (broad SMARTS) is 3. The fourth-order valence-corrected chi connectivity index (χ4v) is 27.2. The number of carboxylic acids is 3. The van der Waals surface area contributed by atoms with E-state index in [1.807, 2.05) is 139 Å². The first kappa shape index (κ1) is 95.0. The van der Waals surface area contributed by atoms with Crippen LogP contribution in [0.5, 0.6) is 17.2 Å². The van der Waals surface area contributed by atoms with Crippen LogP contribution in [0.4, 0.5) is 0 Å². The van der Waals surface area contributed by atoms with Crippen LogP contribution < -0.4 is 14.2 Å². The summed E-state index contributed by atoms with van der Waals surface area (Å²) in [5, 5.41) is 56.1. The number of halogens is 1. The third kappa shape index (κ3) is 18.5. The molecule has 0 aliphatic carbocycles. The predicted octanol–water partition coefficient (Wildman–Crippen LogP) is 24.4. The van der Waals surface area contributed by atoms with Crippen LogP contribution in [-0.2, 0) is 146 Å². The van der Waals surface area contributed by atoms with Crippen molar-refractivity contribution in [1.82, 2.24) is 71.7 Å². The SMILES string of the molecule is Cc1ccc2c3c(C(=O)O)n(C)c2c1-c1c(nc2n1CCC2)CSCc1cc(n(C)n1)CSc1cc(c2ccccc2c1)OCCC3.Cc1ccc2c3c(C(=O)O)n(C)c2c1-c1c(nc2n1CCCC2)CSCc1cc(n(C)n1)CSc1cc(c2ccccc2c1)OCCC3.Cc1nc2c(n1C)-c1c(Cl)ccc3c(c(C(=O)O)n(C)c13)CCCOc1cc(cc3ccccc13)SCc1cc(nn1C)CSC2. The normalized spacial score (nSPS) is 15.1. The van der Waals surface area contributed by atoms with E-state index >= 15 is 0 Å². The third-order valence-electron chi connectivity index (χ3n) is 28.1. The van der Waals surface area contributed by atoms with Crippen molar-refractivity contribution >= 4 is 165 Å². The van der Waals surface area contributed by atoms with E-state index < -0.39 is 17.9 Å². The van der Waals surface area contributed by atoms with Gasteiger partial charge in [-0.05, 0) is 183 Å². The van der Waals surface area contributed by atoms with E-state index in [4.69, 9.17) is 56.1 Å². The summed E-state index contributed by atoms with van der Waals surface area (Å²) in [7, 11) is 13.7. The highest BCUT2D eigenvalue weighted by molar-refractivity contribution is 7.99. The molecule has 0 saturated heterocycles. The van der Waals surface area contributed by atoms with E-state index in [2.05, 4.69) is 155 Å². The Morgan fingerprint density at radius 1 is 0.355 bits per heavy atom. The quantitative estimate of drug-likeness (QED) is 0.148. The Bertz CT molecular complexity index is 8020. The average molecular weight is 2010 g/mol. The van der Waals surface area contributed by atoms with Gasteiger partial charge in [-0.3, -0.25) is 14.0 Å². The minimum absolute atomic E-state index is 0.269.